The predicted octanol–water partition coefficient (Wildman–Crippen LogP) is 4.52. The number of hydrogen-bond acceptors (Lipinski definition) is 1. The maximum Gasteiger partial charge on any atom is 0.0595 e. The second kappa shape index (κ2) is 5.90. The molecule has 3 heteroatoms. The summed E-state index contributed by atoms with van der Waals surface area (Å²) in [6, 6.07) is 5.75. The summed E-state index contributed by atoms with van der Waals surface area (Å²) in [5.74, 6) is 0. The first-order chi connectivity index (χ1) is 7.44. The van der Waals surface area contributed by atoms with Crippen LogP contribution in [-0.4, -0.2) is 6.54 Å². The Morgan fingerprint density at radius 2 is 1.88 bits per heavy atom. The van der Waals surface area contributed by atoms with E-state index < -0.39 is 0 Å². The number of benzene rings is 1. The highest BCUT2D eigenvalue weighted by molar-refractivity contribution is 6.42. The number of halogens is 2. The summed E-state index contributed by atoms with van der Waals surface area (Å²) in [4.78, 5) is 0. The van der Waals surface area contributed by atoms with E-state index in [2.05, 4.69) is 26.1 Å². The van der Waals surface area contributed by atoms with E-state index in [9.17, 15) is 0 Å². The third-order valence-corrected chi connectivity index (χ3v) is 3.61. The second-order valence-electron chi connectivity index (χ2n) is 4.87. The first-order valence-corrected chi connectivity index (χ1v) is 6.35. The zero-order valence-electron chi connectivity index (χ0n) is 10.1. The molecule has 0 atom stereocenters. The van der Waals surface area contributed by atoms with Gasteiger partial charge in [-0.1, -0.05) is 50.0 Å². The van der Waals surface area contributed by atoms with Gasteiger partial charge in [0.25, 0.3) is 0 Å². The van der Waals surface area contributed by atoms with Crippen LogP contribution in [0.3, 0.4) is 0 Å². The molecule has 0 radical (unpaired) electrons. The average Bonchev–Trinajstić information content (AvgIpc) is 2.23. The zero-order valence-corrected chi connectivity index (χ0v) is 11.6. The monoisotopic (exact) mass is 259 g/mol. The lowest BCUT2D eigenvalue weighted by Crippen LogP contribution is -2.28. The maximum absolute atomic E-state index is 5.95. The highest BCUT2D eigenvalue weighted by atomic mass is 35.5. The van der Waals surface area contributed by atoms with Gasteiger partial charge in [0.15, 0.2) is 0 Å². The van der Waals surface area contributed by atoms with Crippen LogP contribution in [0.15, 0.2) is 18.2 Å². The number of hydrogen-bond donors (Lipinski definition) is 1. The van der Waals surface area contributed by atoms with E-state index in [-0.39, 0.29) is 0 Å². The van der Waals surface area contributed by atoms with E-state index in [0.29, 0.717) is 15.5 Å². The van der Waals surface area contributed by atoms with Crippen molar-refractivity contribution in [3.63, 3.8) is 0 Å². The molecule has 0 aromatic heterocycles. The van der Waals surface area contributed by atoms with E-state index in [0.717, 1.165) is 13.1 Å². The van der Waals surface area contributed by atoms with Crippen molar-refractivity contribution in [1.82, 2.24) is 5.32 Å². The summed E-state index contributed by atoms with van der Waals surface area (Å²) in [5.41, 5.74) is 1.51. The summed E-state index contributed by atoms with van der Waals surface area (Å²) in [6.45, 7) is 8.56. The molecule has 0 aliphatic carbocycles. The molecule has 0 bridgehead atoms. The average molecular weight is 260 g/mol. The van der Waals surface area contributed by atoms with Crippen LogP contribution >= 0.6 is 23.2 Å². The van der Waals surface area contributed by atoms with Crippen molar-refractivity contribution in [3.8, 4) is 0 Å². The highest BCUT2D eigenvalue weighted by Gasteiger charge is 2.13. The lowest BCUT2D eigenvalue weighted by Gasteiger charge is -2.23. The van der Waals surface area contributed by atoms with Gasteiger partial charge in [0.2, 0.25) is 0 Å². The van der Waals surface area contributed by atoms with Gasteiger partial charge in [0.05, 0.1) is 10.0 Å². The van der Waals surface area contributed by atoms with Gasteiger partial charge >= 0.3 is 0 Å². The van der Waals surface area contributed by atoms with Crippen LogP contribution in [0.1, 0.15) is 32.8 Å². The van der Waals surface area contributed by atoms with Crippen molar-refractivity contribution in [1.29, 1.82) is 0 Å². The summed E-state index contributed by atoms with van der Waals surface area (Å²) < 4.78 is 0. The Balaban J connectivity index is 2.46. The Bertz CT molecular complexity index is 348. The standard InChI is InChI=1S/C13H19Cl2N/c1-4-13(2,3)9-16-8-10-5-6-11(14)12(15)7-10/h5-7,16H,4,8-9H2,1-3H3. The summed E-state index contributed by atoms with van der Waals surface area (Å²) >= 11 is 11.8. The summed E-state index contributed by atoms with van der Waals surface area (Å²) in [7, 11) is 0. The minimum Gasteiger partial charge on any atom is -0.312 e. The third kappa shape index (κ3) is 4.32. The third-order valence-electron chi connectivity index (χ3n) is 2.87. The van der Waals surface area contributed by atoms with Gasteiger partial charge in [-0.05, 0) is 29.5 Å². The molecule has 90 valence electrons. The van der Waals surface area contributed by atoms with Gasteiger partial charge in [0, 0.05) is 13.1 Å². The van der Waals surface area contributed by atoms with Crippen molar-refractivity contribution in [2.75, 3.05) is 6.54 Å². The molecule has 0 amide bonds. The fourth-order valence-corrected chi connectivity index (χ4v) is 1.64. The Hall–Kier alpha value is -0.240. The molecule has 0 spiro atoms. The van der Waals surface area contributed by atoms with Crippen LogP contribution < -0.4 is 5.32 Å². The van der Waals surface area contributed by atoms with Crippen molar-refractivity contribution in [2.45, 2.75) is 33.7 Å². The smallest absolute Gasteiger partial charge is 0.0595 e. The van der Waals surface area contributed by atoms with Gasteiger partial charge in [-0.2, -0.15) is 0 Å². The number of rotatable bonds is 5. The van der Waals surface area contributed by atoms with Gasteiger partial charge in [0.1, 0.15) is 0 Å². The van der Waals surface area contributed by atoms with E-state index in [1.807, 2.05) is 18.2 Å². The van der Waals surface area contributed by atoms with Crippen molar-refractivity contribution in [3.05, 3.63) is 33.8 Å². The Morgan fingerprint density at radius 1 is 1.19 bits per heavy atom. The molecular formula is C13H19Cl2N. The molecule has 1 aromatic rings. The lowest BCUT2D eigenvalue weighted by molar-refractivity contribution is 0.327. The zero-order chi connectivity index (χ0) is 12.2. The van der Waals surface area contributed by atoms with Gasteiger partial charge in [-0.3, -0.25) is 0 Å². The lowest BCUT2D eigenvalue weighted by atomic mass is 9.90. The van der Waals surface area contributed by atoms with Crippen LogP contribution in [0.25, 0.3) is 0 Å². The molecule has 0 saturated heterocycles. The van der Waals surface area contributed by atoms with Crippen molar-refractivity contribution < 1.29 is 0 Å². The number of nitrogens with one attached hydrogen (secondary N) is 1. The molecular weight excluding hydrogens is 241 g/mol. The van der Waals surface area contributed by atoms with Gasteiger partial charge in [-0.15, -0.1) is 0 Å². The molecule has 1 nitrogen and oxygen atoms in total. The Kier molecular flexibility index (Phi) is 5.10. The van der Waals surface area contributed by atoms with E-state index >= 15 is 0 Å². The van der Waals surface area contributed by atoms with Crippen LogP contribution in [0.5, 0.6) is 0 Å². The van der Waals surface area contributed by atoms with Crippen LogP contribution in [-0.2, 0) is 6.54 Å². The van der Waals surface area contributed by atoms with E-state index in [1.165, 1.54) is 12.0 Å². The van der Waals surface area contributed by atoms with Gasteiger partial charge in [-0.25, -0.2) is 0 Å². The summed E-state index contributed by atoms with van der Waals surface area (Å²) in [6.07, 6.45) is 1.17. The maximum atomic E-state index is 5.95. The molecule has 0 saturated carbocycles. The minimum absolute atomic E-state index is 0.343. The van der Waals surface area contributed by atoms with Crippen molar-refractivity contribution in [2.24, 2.45) is 5.41 Å². The first-order valence-electron chi connectivity index (χ1n) is 5.59. The molecule has 1 aromatic carbocycles. The SMILES string of the molecule is CCC(C)(C)CNCc1ccc(Cl)c(Cl)c1. The Labute approximate surface area is 108 Å². The molecule has 0 heterocycles. The van der Waals surface area contributed by atoms with Crippen molar-refractivity contribution >= 4 is 23.2 Å². The van der Waals surface area contributed by atoms with Crippen LogP contribution in [0.4, 0.5) is 0 Å². The predicted molar refractivity (Wildman–Crippen MR) is 72.2 cm³/mol. The normalized spacial score (nSPS) is 11.8. The second-order valence-corrected chi connectivity index (χ2v) is 5.68. The molecule has 16 heavy (non-hydrogen) atoms. The first kappa shape index (κ1) is 13.8. The molecule has 1 rings (SSSR count). The Morgan fingerprint density at radius 3 is 2.44 bits per heavy atom. The molecule has 0 unspecified atom stereocenters. The highest BCUT2D eigenvalue weighted by Crippen LogP contribution is 2.23. The summed E-state index contributed by atoms with van der Waals surface area (Å²) in [5, 5.41) is 4.67. The fraction of sp³-hybridized carbons (Fsp3) is 0.538. The molecule has 1 N–H and O–H groups in total. The minimum atomic E-state index is 0.343. The van der Waals surface area contributed by atoms with E-state index in [1.54, 1.807) is 0 Å². The molecule has 0 aliphatic rings. The van der Waals surface area contributed by atoms with Gasteiger partial charge < -0.3 is 5.32 Å². The largest absolute Gasteiger partial charge is 0.312 e. The topological polar surface area (TPSA) is 12.0 Å². The van der Waals surface area contributed by atoms with E-state index in [4.69, 9.17) is 23.2 Å². The fourth-order valence-electron chi connectivity index (χ4n) is 1.32. The molecule has 0 fully saturated rings. The van der Waals surface area contributed by atoms with Crippen LogP contribution in [0.2, 0.25) is 10.0 Å². The van der Waals surface area contributed by atoms with Crippen LogP contribution in [0, 0.1) is 5.41 Å². The molecule has 0 aliphatic heterocycles. The quantitative estimate of drug-likeness (QED) is 0.820.